The monoisotopic (exact) mass is 261 g/mol. The minimum atomic E-state index is -0.808. The van der Waals surface area contributed by atoms with E-state index in [-0.39, 0.29) is 5.91 Å². The van der Waals surface area contributed by atoms with E-state index in [1.165, 1.54) is 0 Å². The summed E-state index contributed by atoms with van der Waals surface area (Å²) in [5.74, 6) is -1.30. The van der Waals surface area contributed by atoms with Crippen molar-refractivity contribution < 1.29 is 14.7 Å². The van der Waals surface area contributed by atoms with Crippen molar-refractivity contribution >= 4 is 11.9 Å². The molecule has 1 aliphatic heterocycles. The summed E-state index contributed by atoms with van der Waals surface area (Å²) in [7, 11) is 0. The van der Waals surface area contributed by atoms with E-state index in [1.54, 1.807) is 4.90 Å². The molecule has 2 rings (SSSR count). The standard InChI is InChI=1S/C15H19NO3/c1-10-5-6-12(8-11(10)2)14(17)16-7-3-4-13(9-16)15(18)19/h5-6,8,13H,3-4,7,9H2,1-2H3,(H,18,19)/t13-/m1/s1. The third kappa shape index (κ3) is 2.95. The van der Waals surface area contributed by atoms with Crippen molar-refractivity contribution in [2.45, 2.75) is 26.7 Å². The van der Waals surface area contributed by atoms with Crippen LogP contribution in [0.25, 0.3) is 0 Å². The number of carbonyl (C=O) groups excluding carboxylic acids is 1. The predicted molar refractivity (Wildman–Crippen MR) is 72.2 cm³/mol. The average molecular weight is 261 g/mol. The van der Waals surface area contributed by atoms with Crippen LogP contribution in [0.3, 0.4) is 0 Å². The lowest BCUT2D eigenvalue weighted by Gasteiger charge is -2.30. The smallest absolute Gasteiger partial charge is 0.308 e. The zero-order valence-electron chi connectivity index (χ0n) is 11.3. The summed E-state index contributed by atoms with van der Waals surface area (Å²) in [6.45, 7) is 4.95. The van der Waals surface area contributed by atoms with Gasteiger partial charge in [-0.1, -0.05) is 6.07 Å². The molecule has 0 bridgehead atoms. The molecule has 1 amide bonds. The maximum Gasteiger partial charge on any atom is 0.308 e. The summed E-state index contributed by atoms with van der Waals surface area (Å²) < 4.78 is 0. The van der Waals surface area contributed by atoms with Crippen molar-refractivity contribution in [1.82, 2.24) is 4.90 Å². The van der Waals surface area contributed by atoms with Crippen LogP contribution in [-0.2, 0) is 4.79 Å². The number of rotatable bonds is 2. The van der Waals surface area contributed by atoms with Gasteiger partial charge in [-0.15, -0.1) is 0 Å². The lowest BCUT2D eigenvalue weighted by molar-refractivity contribution is -0.143. The van der Waals surface area contributed by atoms with Crippen molar-refractivity contribution in [2.24, 2.45) is 5.92 Å². The molecule has 1 saturated heterocycles. The van der Waals surface area contributed by atoms with E-state index in [0.717, 1.165) is 17.5 Å². The first-order valence-electron chi connectivity index (χ1n) is 6.58. The third-order valence-electron chi connectivity index (χ3n) is 3.81. The van der Waals surface area contributed by atoms with Crippen LogP contribution in [0.2, 0.25) is 0 Å². The maximum atomic E-state index is 12.4. The summed E-state index contributed by atoms with van der Waals surface area (Å²) in [4.78, 5) is 25.0. The Labute approximate surface area is 113 Å². The molecule has 4 heteroatoms. The highest BCUT2D eigenvalue weighted by molar-refractivity contribution is 5.94. The van der Waals surface area contributed by atoms with E-state index in [4.69, 9.17) is 5.11 Å². The fourth-order valence-electron chi connectivity index (χ4n) is 2.42. The van der Waals surface area contributed by atoms with E-state index in [0.29, 0.717) is 25.1 Å². The van der Waals surface area contributed by atoms with E-state index in [2.05, 4.69) is 0 Å². The van der Waals surface area contributed by atoms with Crippen molar-refractivity contribution in [3.8, 4) is 0 Å². The topological polar surface area (TPSA) is 57.6 Å². The van der Waals surface area contributed by atoms with Gasteiger partial charge in [-0.2, -0.15) is 0 Å². The number of carboxylic acid groups (broad SMARTS) is 1. The molecule has 0 unspecified atom stereocenters. The Hall–Kier alpha value is -1.84. The molecule has 102 valence electrons. The number of aliphatic carboxylic acids is 1. The molecule has 0 aromatic heterocycles. The lowest BCUT2D eigenvalue weighted by atomic mass is 9.97. The van der Waals surface area contributed by atoms with E-state index in [1.807, 2.05) is 32.0 Å². The molecule has 4 nitrogen and oxygen atoms in total. The van der Waals surface area contributed by atoms with Crippen molar-refractivity contribution in [3.63, 3.8) is 0 Å². The van der Waals surface area contributed by atoms with Crippen LogP contribution in [0.5, 0.6) is 0 Å². The average Bonchev–Trinajstić information content (AvgIpc) is 2.41. The van der Waals surface area contributed by atoms with E-state index < -0.39 is 11.9 Å². The van der Waals surface area contributed by atoms with Crippen molar-refractivity contribution in [2.75, 3.05) is 13.1 Å². The fourth-order valence-corrected chi connectivity index (χ4v) is 2.42. The van der Waals surface area contributed by atoms with Gasteiger partial charge in [0.05, 0.1) is 5.92 Å². The largest absolute Gasteiger partial charge is 0.481 e. The molecule has 1 aliphatic rings. The summed E-state index contributed by atoms with van der Waals surface area (Å²) in [5.41, 5.74) is 2.88. The van der Waals surface area contributed by atoms with E-state index in [9.17, 15) is 9.59 Å². The first-order valence-corrected chi connectivity index (χ1v) is 6.58. The summed E-state index contributed by atoms with van der Waals surface area (Å²) in [6.07, 6.45) is 1.42. The highest BCUT2D eigenvalue weighted by atomic mass is 16.4. The summed E-state index contributed by atoms with van der Waals surface area (Å²) >= 11 is 0. The Morgan fingerprint density at radius 3 is 2.63 bits per heavy atom. The lowest BCUT2D eigenvalue weighted by Crippen LogP contribution is -2.42. The van der Waals surface area contributed by atoms with Crippen LogP contribution in [0.1, 0.15) is 34.3 Å². The molecule has 0 saturated carbocycles. The van der Waals surface area contributed by atoms with Gasteiger partial charge in [-0.05, 0) is 49.9 Å². The molecule has 1 aromatic rings. The van der Waals surface area contributed by atoms with Gasteiger partial charge in [-0.25, -0.2) is 0 Å². The quantitative estimate of drug-likeness (QED) is 0.888. The Kier molecular flexibility index (Phi) is 3.88. The second-order valence-electron chi connectivity index (χ2n) is 5.23. The fraction of sp³-hybridized carbons (Fsp3) is 0.467. The number of benzene rings is 1. The van der Waals surface area contributed by atoms with Crippen LogP contribution < -0.4 is 0 Å². The van der Waals surface area contributed by atoms with Gasteiger partial charge < -0.3 is 10.0 Å². The second kappa shape index (κ2) is 5.43. The first kappa shape index (κ1) is 13.6. The minimum Gasteiger partial charge on any atom is -0.481 e. The molecule has 1 heterocycles. The zero-order valence-corrected chi connectivity index (χ0v) is 11.3. The maximum absolute atomic E-state index is 12.4. The van der Waals surface area contributed by atoms with Crippen LogP contribution in [0.4, 0.5) is 0 Å². The van der Waals surface area contributed by atoms with E-state index >= 15 is 0 Å². The number of piperidine rings is 1. The molecule has 1 fully saturated rings. The van der Waals surface area contributed by atoms with Gasteiger partial charge in [0.25, 0.3) is 5.91 Å². The number of hydrogen-bond donors (Lipinski definition) is 1. The van der Waals surface area contributed by atoms with Crippen LogP contribution >= 0.6 is 0 Å². The molecule has 1 aromatic carbocycles. The normalized spacial score (nSPS) is 19.3. The Balaban J connectivity index is 2.14. The number of hydrogen-bond acceptors (Lipinski definition) is 2. The van der Waals surface area contributed by atoms with Gasteiger partial charge in [0.2, 0.25) is 0 Å². The van der Waals surface area contributed by atoms with Crippen LogP contribution in [-0.4, -0.2) is 35.0 Å². The van der Waals surface area contributed by atoms with Gasteiger partial charge in [0.1, 0.15) is 0 Å². The molecular formula is C15H19NO3. The molecule has 1 N–H and O–H groups in total. The van der Waals surface area contributed by atoms with Gasteiger partial charge in [0, 0.05) is 18.7 Å². The summed E-state index contributed by atoms with van der Waals surface area (Å²) in [5, 5.41) is 9.05. The number of nitrogens with zero attached hydrogens (tertiary/aromatic N) is 1. The highest BCUT2D eigenvalue weighted by Crippen LogP contribution is 2.19. The molecule has 0 aliphatic carbocycles. The Morgan fingerprint density at radius 1 is 1.26 bits per heavy atom. The first-order chi connectivity index (χ1) is 8.99. The third-order valence-corrected chi connectivity index (χ3v) is 3.81. The number of amides is 1. The molecule has 1 atom stereocenters. The number of aryl methyl sites for hydroxylation is 2. The van der Waals surface area contributed by atoms with Gasteiger partial charge in [0.15, 0.2) is 0 Å². The van der Waals surface area contributed by atoms with Crippen LogP contribution in [0.15, 0.2) is 18.2 Å². The number of likely N-dealkylation sites (tertiary alicyclic amines) is 1. The van der Waals surface area contributed by atoms with Crippen molar-refractivity contribution in [1.29, 1.82) is 0 Å². The van der Waals surface area contributed by atoms with Crippen molar-refractivity contribution in [3.05, 3.63) is 34.9 Å². The Bertz CT molecular complexity index is 510. The van der Waals surface area contributed by atoms with Gasteiger partial charge in [-0.3, -0.25) is 9.59 Å². The molecule has 0 radical (unpaired) electrons. The SMILES string of the molecule is Cc1ccc(C(=O)N2CCC[C@@H](C(=O)O)C2)cc1C. The van der Waals surface area contributed by atoms with Crippen LogP contribution in [0, 0.1) is 19.8 Å². The predicted octanol–water partition coefficient (Wildman–Crippen LogP) is 2.24. The molecule has 0 spiro atoms. The highest BCUT2D eigenvalue weighted by Gasteiger charge is 2.28. The van der Waals surface area contributed by atoms with Gasteiger partial charge >= 0.3 is 5.97 Å². The molecular weight excluding hydrogens is 242 g/mol. The minimum absolute atomic E-state index is 0.0611. The Morgan fingerprint density at radius 2 is 2.00 bits per heavy atom. The number of carbonyl (C=O) groups is 2. The summed E-state index contributed by atoms with van der Waals surface area (Å²) in [6, 6.07) is 5.62. The second-order valence-corrected chi connectivity index (χ2v) is 5.23. The number of carboxylic acids is 1. The molecule has 19 heavy (non-hydrogen) atoms. The zero-order chi connectivity index (χ0) is 14.0.